The molecule has 0 bridgehead atoms. The zero-order valence-corrected chi connectivity index (χ0v) is 15.4. The molecule has 1 atom stereocenters. The summed E-state index contributed by atoms with van der Waals surface area (Å²) < 4.78 is 16.7. The number of hydrogen-bond donors (Lipinski definition) is 0. The number of nitrogens with zero attached hydrogens (tertiary/aromatic N) is 1. The van der Waals surface area contributed by atoms with Crippen LogP contribution in [0.3, 0.4) is 0 Å². The van der Waals surface area contributed by atoms with Gasteiger partial charge in [0.25, 0.3) is 0 Å². The van der Waals surface area contributed by atoms with Gasteiger partial charge in [-0.1, -0.05) is 18.2 Å². The van der Waals surface area contributed by atoms with E-state index >= 15 is 0 Å². The minimum atomic E-state index is -0.486. The van der Waals surface area contributed by atoms with Crippen LogP contribution < -0.4 is 9.47 Å². The van der Waals surface area contributed by atoms with Crippen molar-refractivity contribution in [3.63, 3.8) is 0 Å². The summed E-state index contributed by atoms with van der Waals surface area (Å²) in [5, 5.41) is 9.08. The molecule has 5 heteroatoms. The molecule has 1 heterocycles. The molecule has 0 saturated heterocycles. The molecule has 27 heavy (non-hydrogen) atoms. The lowest BCUT2D eigenvalue weighted by Gasteiger charge is -2.10. The van der Waals surface area contributed by atoms with E-state index in [1.807, 2.05) is 26.0 Å². The normalized spacial score (nSPS) is 15.1. The minimum Gasteiger partial charge on any atom is -0.493 e. The van der Waals surface area contributed by atoms with E-state index in [1.165, 1.54) is 6.08 Å². The molecule has 0 aliphatic carbocycles. The molecule has 0 amide bonds. The molecule has 1 aliphatic heterocycles. The van der Waals surface area contributed by atoms with Crippen LogP contribution in [-0.2, 0) is 22.6 Å². The molecule has 0 saturated carbocycles. The first kappa shape index (κ1) is 18.5. The molecule has 0 radical (unpaired) electrons. The molecule has 2 aromatic rings. The van der Waals surface area contributed by atoms with Crippen molar-refractivity contribution in [1.82, 2.24) is 0 Å². The third-order valence-corrected chi connectivity index (χ3v) is 4.24. The van der Waals surface area contributed by atoms with Crippen LogP contribution in [0.5, 0.6) is 11.5 Å². The Morgan fingerprint density at radius 2 is 2.19 bits per heavy atom. The van der Waals surface area contributed by atoms with Gasteiger partial charge in [-0.25, -0.2) is 4.79 Å². The third kappa shape index (κ3) is 4.48. The van der Waals surface area contributed by atoms with Crippen molar-refractivity contribution in [2.24, 2.45) is 0 Å². The smallest absolute Gasteiger partial charge is 0.331 e. The van der Waals surface area contributed by atoms with Gasteiger partial charge in [-0.3, -0.25) is 0 Å². The van der Waals surface area contributed by atoms with E-state index < -0.39 is 5.97 Å². The average molecular weight is 363 g/mol. The van der Waals surface area contributed by atoms with E-state index in [0.29, 0.717) is 23.5 Å². The van der Waals surface area contributed by atoms with Gasteiger partial charge < -0.3 is 14.2 Å². The lowest BCUT2D eigenvalue weighted by Crippen LogP contribution is -2.05. The standard InChI is InChI=1S/C22H21NO4/c1-3-25-20-12-19-10-15(2)27-21(19)11-16(20)8-9-22(24)26-14-18-7-5-4-6-17(18)13-23/h4-9,11-12,15H,3,10,14H2,1-2H3/b9-8+/t15-/m1/s1. The van der Waals surface area contributed by atoms with Gasteiger partial charge in [-0.05, 0) is 38.1 Å². The monoisotopic (exact) mass is 363 g/mol. The Hall–Kier alpha value is -3.26. The summed E-state index contributed by atoms with van der Waals surface area (Å²) in [5.41, 5.74) is 3.05. The number of nitriles is 1. The fraction of sp³-hybridized carbons (Fsp3) is 0.273. The van der Waals surface area contributed by atoms with Crippen molar-refractivity contribution in [2.45, 2.75) is 33.0 Å². The molecule has 3 rings (SSSR count). The molecule has 5 nitrogen and oxygen atoms in total. The highest BCUT2D eigenvalue weighted by molar-refractivity contribution is 5.87. The highest BCUT2D eigenvalue weighted by Crippen LogP contribution is 2.35. The van der Waals surface area contributed by atoms with Gasteiger partial charge in [0.05, 0.1) is 18.2 Å². The van der Waals surface area contributed by atoms with Crippen LogP contribution in [0.4, 0.5) is 0 Å². The van der Waals surface area contributed by atoms with E-state index in [0.717, 1.165) is 23.3 Å². The predicted molar refractivity (Wildman–Crippen MR) is 101 cm³/mol. The maximum Gasteiger partial charge on any atom is 0.331 e. The molecular formula is C22H21NO4. The van der Waals surface area contributed by atoms with Crippen LogP contribution in [0.2, 0.25) is 0 Å². The molecule has 2 aromatic carbocycles. The van der Waals surface area contributed by atoms with Crippen LogP contribution >= 0.6 is 0 Å². The quantitative estimate of drug-likeness (QED) is 0.572. The van der Waals surface area contributed by atoms with Crippen molar-refractivity contribution in [3.8, 4) is 17.6 Å². The minimum absolute atomic E-state index is 0.0516. The summed E-state index contributed by atoms with van der Waals surface area (Å²) in [5.74, 6) is 1.05. The van der Waals surface area contributed by atoms with Gasteiger partial charge in [0.15, 0.2) is 0 Å². The Kier molecular flexibility index (Phi) is 5.77. The highest BCUT2D eigenvalue weighted by atomic mass is 16.5. The maximum atomic E-state index is 12.1. The Labute approximate surface area is 158 Å². The van der Waals surface area contributed by atoms with Crippen LogP contribution in [0, 0.1) is 11.3 Å². The summed E-state index contributed by atoms with van der Waals surface area (Å²) in [6.45, 7) is 4.52. The highest BCUT2D eigenvalue weighted by Gasteiger charge is 2.21. The lowest BCUT2D eigenvalue weighted by molar-refractivity contribution is -0.138. The fourth-order valence-electron chi connectivity index (χ4n) is 2.98. The first-order valence-corrected chi connectivity index (χ1v) is 8.90. The molecule has 138 valence electrons. The SMILES string of the molecule is CCOc1cc2c(cc1/C=C/C(=O)OCc1ccccc1C#N)O[C@H](C)C2. The number of carbonyl (C=O) groups excluding carboxylic acids is 1. The number of carbonyl (C=O) groups is 1. The van der Waals surface area contributed by atoms with Crippen LogP contribution in [0.15, 0.2) is 42.5 Å². The predicted octanol–water partition coefficient (Wildman–Crippen LogP) is 4.04. The van der Waals surface area contributed by atoms with Crippen molar-refractivity contribution < 1.29 is 19.0 Å². The summed E-state index contributed by atoms with van der Waals surface area (Å²) in [7, 11) is 0. The van der Waals surface area contributed by atoms with Gasteiger partial charge in [0, 0.05) is 29.2 Å². The summed E-state index contributed by atoms with van der Waals surface area (Å²) in [4.78, 5) is 12.1. The number of rotatable bonds is 6. The van der Waals surface area contributed by atoms with Crippen LogP contribution in [-0.4, -0.2) is 18.7 Å². The maximum absolute atomic E-state index is 12.1. The molecule has 0 N–H and O–H groups in total. The lowest BCUT2D eigenvalue weighted by atomic mass is 10.1. The van der Waals surface area contributed by atoms with E-state index in [9.17, 15) is 4.79 Å². The molecule has 0 unspecified atom stereocenters. The largest absolute Gasteiger partial charge is 0.493 e. The van der Waals surface area contributed by atoms with Crippen LogP contribution in [0.1, 0.15) is 36.1 Å². The Morgan fingerprint density at radius 3 is 2.96 bits per heavy atom. The summed E-state index contributed by atoms with van der Waals surface area (Å²) in [6.07, 6.45) is 4.01. The second kappa shape index (κ2) is 8.41. The average Bonchev–Trinajstić information content (AvgIpc) is 3.03. The molecule has 0 fully saturated rings. The van der Waals surface area contributed by atoms with E-state index in [-0.39, 0.29) is 12.7 Å². The molecule has 0 spiro atoms. The molecular weight excluding hydrogens is 342 g/mol. The van der Waals surface area contributed by atoms with Crippen molar-refractivity contribution in [3.05, 3.63) is 64.7 Å². The number of fused-ring (bicyclic) bond motifs is 1. The number of ether oxygens (including phenoxy) is 3. The zero-order valence-electron chi connectivity index (χ0n) is 15.4. The second-order valence-corrected chi connectivity index (χ2v) is 6.27. The van der Waals surface area contributed by atoms with Gasteiger partial charge in [0.1, 0.15) is 24.2 Å². The van der Waals surface area contributed by atoms with Gasteiger partial charge in [0.2, 0.25) is 0 Å². The Morgan fingerprint density at radius 1 is 1.37 bits per heavy atom. The number of esters is 1. The van der Waals surface area contributed by atoms with Gasteiger partial charge >= 0.3 is 5.97 Å². The molecule has 0 aromatic heterocycles. The molecule has 1 aliphatic rings. The third-order valence-electron chi connectivity index (χ3n) is 4.24. The number of benzene rings is 2. The van der Waals surface area contributed by atoms with Gasteiger partial charge in [-0.2, -0.15) is 5.26 Å². The Bertz CT molecular complexity index is 911. The van der Waals surface area contributed by atoms with E-state index in [1.54, 1.807) is 30.3 Å². The van der Waals surface area contributed by atoms with Crippen LogP contribution in [0.25, 0.3) is 6.08 Å². The summed E-state index contributed by atoms with van der Waals surface area (Å²) in [6, 6.07) is 13.0. The zero-order chi connectivity index (χ0) is 19.2. The first-order valence-electron chi connectivity index (χ1n) is 8.90. The van der Waals surface area contributed by atoms with Gasteiger partial charge in [-0.15, -0.1) is 0 Å². The fourth-order valence-corrected chi connectivity index (χ4v) is 2.98. The second-order valence-electron chi connectivity index (χ2n) is 6.27. The van der Waals surface area contributed by atoms with Crippen molar-refractivity contribution in [1.29, 1.82) is 5.26 Å². The van der Waals surface area contributed by atoms with Crippen molar-refractivity contribution >= 4 is 12.0 Å². The van der Waals surface area contributed by atoms with E-state index in [2.05, 4.69) is 6.07 Å². The Balaban J connectivity index is 1.71. The van der Waals surface area contributed by atoms with E-state index in [4.69, 9.17) is 19.5 Å². The first-order chi connectivity index (χ1) is 13.1. The topological polar surface area (TPSA) is 68.5 Å². The summed E-state index contributed by atoms with van der Waals surface area (Å²) >= 11 is 0. The number of hydrogen-bond acceptors (Lipinski definition) is 5. The van der Waals surface area contributed by atoms with Crippen molar-refractivity contribution in [2.75, 3.05) is 6.61 Å².